The van der Waals surface area contributed by atoms with Crippen LogP contribution in [0.3, 0.4) is 0 Å². The van der Waals surface area contributed by atoms with Gasteiger partial charge in [0.2, 0.25) is 11.8 Å². The number of nitrogens with zero attached hydrogens (tertiary/aromatic N) is 1. The number of hydrogen-bond donors (Lipinski definition) is 3. The van der Waals surface area contributed by atoms with Gasteiger partial charge in [0.25, 0.3) is 5.91 Å². The van der Waals surface area contributed by atoms with Crippen LogP contribution in [0, 0.1) is 5.92 Å². The van der Waals surface area contributed by atoms with Gasteiger partial charge in [-0.05, 0) is 56.3 Å². The summed E-state index contributed by atoms with van der Waals surface area (Å²) in [6, 6.07) is 6.44. The first-order chi connectivity index (χ1) is 12.5. The average molecular weight is 358 g/mol. The largest absolute Gasteiger partial charge is 0.366 e. The smallest absolute Gasteiger partial charge is 0.253 e. The van der Waals surface area contributed by atoms with Crippen LogP contribution in [0.1, 0.15) is 46.4 Å². The van der Waals surface area contributed by atoms with Crippen LogP contribution in [0.5, 0.6) is 0 Å². The van der Waals surface area contributed by atoms with Crippen LogP contribution >= 0.6 is 0 Å². The summed E-state index contributed by atoms with van der Waals surface area (Å²) >= 11 is 0. The minimum atomic E-state index is -0.542. The van der Waals surface area contributed by atoms with E-state index in [1.165, 1.54) is 0 Å². The number of rotatable bonds is 5. The van der Waals surface area contributed by atoms with E-state index in [4.69, 9.17) is 5.73 Å². The molecular formula is C19H26N4O3. The number of amides is 3. The van der Waals surface area contributed by atoms with E-state index in [0.717, 1.165) is 32.2 Å². The maximum absolute atomic E-state index is 12.7. The Morgan fingerprint density at radius 3 is 2.73 bits per heavy atom. The first kappa shape index (κ1) is 18.4. The minimum absolute atomic E-state index is 0.0557. The van der Waals surface area contributed by atoms with Gasteiger partial charge in [-0.1, -0.05) is 6.07 Å². The zero-order chi connectivity index (χ0) is 18.5. The molecule has 2 aliphatic rings. The Kier molecular flexibility index (Phi) is 5.88. The summed E-state index contributed by atoms with van der Waals surface area (Å²) in [4.78, 5) is 38.0. The fraction of sp³-hybridized carbons (Fsp3) is 0.526. The highest BCUT2D eigenvalue weighted by atomic mass is 16.2. The third kappa shape index (κ3) is 4.40. The predicted molar refractivity (Wildman–Crippen MR) is 97.6 cm³/mol. The van der Waals surface area contributed by atoms with E-state index in [9.17, 15) is 14.4 Å². The van der Waals surface area contributed by atoms with E-state index >= 15 is 0 Å². The number of nitrogens with one attached hydrogen (secondary N) is 2. The lowest BCUT2D eigenvalue weighted by Crippen LogP contribution is -2.46. The molecular weight excluding hydrogens is 332 g/mol. The number of piperidine rings is 1. The second-order valence-corrected chi connectivity index (χ2v) is 7.10. The van der Waals surface area contributed by atoms with E-state index in [-0.39, 0.29) is 23.8 Å². The molecule has 2 unspecified atom stereocenters. The molecule has 26 heavy (non-hydrogen) atoms. The van der Waals surface area contributed by atoms with E-state index in [1.54, 1.807) is 29.2 Å². The summed E-state index contributed by atoms with van der Waals surface area (Å²) < 4.78 is 0. The Labute approximate surface area is 153 Å². The zero-order valence-electron chi connectivity index (χ0n) is 14.9. The topological polar surface area (TPSA) is 105 Å². The molecule has 2 atom stereocenters. The molecule has 3 amide bonds. The first-order valence-electron chi connectivity index (χ1n) is 9.25. The monoisotopic (exact) mass is 358 g/mol. The number of benzene rings is 1. The van der Waals surface area contributed by atoms with Gasteiger partial charge >= 0.3 is 0 Å². The van der Waals surface area contributed by atoms with Crippen molar-refractivity contribution in [3.8, 4) is 0 Å². The Morgan fingerprint density at radius 1 is 1.19 bits per heavy atom. The first-order valence-corrected chi connectivity index (χ1v) is 9.25. The molecule has 2 saturated heterocycles. The summed E-state index contributed by atoms with van der Waals surface area (Å²) in [5.41, 5.74) is 6.10. The van der Waals surface area contributed by atoms with Gasteiger partial charge in [-0.2, -0.15) is 0 Å². The molecule has 0 aromatic heterocycles. The molecule has 2 aliphatic heterocycles. The molecule has 0 saturated carbocycles. The molecule has 7 heteroatoms. The van der Waals surface area contributed by atoms with Gasteiger partial charge in [-0.25, -0.2) is 0 Å². The fourth-order valence-electron chi connectivity index (χ4n) is 3.68. The normalized spacial score (nSPS) is 22.8. The van der Waals surface area contributed by atoms with Crippen molar-refractivity contribution < 1.29 is 14.4 Å². The lowest BCUT2D eigenvalue weighted by Gasteiger charge is -2.33. The number of carbonyl (C=O) groups excluding carboxylic acids is 3. The predicted octanol–water partition coefficient (Wildman–Crippen LogP) is 0.506. The van der Waals surface area contributed by atoms with E-state index in [2.05, 4.69) is 10.6 Å². The van der Waals surface area contributed by atoms with E-state index < -0.39 is 5.91 Å². The molecule has 3 rings (SSSR count). The van der Waals surface area contributed by atoms with Crippen molar-refractivity contribution in [3.05, 3.63) is 35.4 Å². The van der Waals surface area contributed by atoms with Gasteiger partial charge in [0, 0.05) is 30.8 Å². The van der Waals surface area contributed by atoms with Crippen LogP contribution in [0.4, 0.5) is 0 Å². The van der Waals surface area contributed by atoms with Crippen molar-refractivity contribution in [1.29, 1.82) is 0 Å². The van der Waals surface area contributed by atoms with Gasteiger partial charge in [-0.3, -0.25) is 14.4 Å². The molecule has 140 valence electrons. The summed E-state index contributed by atoms with van der Waals surface area (Å²) in [5, 5.41) is 6.21. The van der Waals surface area contributed by atoms with Crippen molar-refractivity contribution in [2.45, 2.75) is 31.7 Å². The summed E-state index contributed by atoms with van der Waals surface area (Å²) in [5.74, 6) is -0.335. The molecule has 0 radical (unpaired) electrons. The molecule has 2 fully saturated rings. The minimum Gasteiger partial charge on any atom is -0.366 e. The van der Waals surface area contributed by atoms with Crippen molar-refractivity contribution >= 4 is 17.7 Å². The van der Waals surface area contributed by atoms with Crippen LogP contribution < -0.4 is 16.4 Å². The lowest BCUT2D eigenvalue weighted by atomic mass is 9.97. The van der Waals surface area contributed by atoms with E-state index in [1.807, 2.05) is 0 Å². The second-order valence-electron chi connectivity index (χ2n) is 7.10. The van der Waals surface area contributed by atoms with Crippen LogP contribution in [-0.2, 0) is 4.79 Å². The highest BCUT2D eigenvalue weighted by molar-refractivity contribution is 5.99. The van der Waals surface area contributed by atoms with Gasteiger partial charge in [0.1, 0.15) is 0 Å². The molecule has 4 N–H and O–H groups in total. The van der Waals surface area contributed by atoms with Gasteiger partial charge < -0.3 is 21.3 Å². The van der Waals surface area contributed by atoms with Crippen LogP contribution in [-0.4, -0.2) is 54.8 Å². The third-order valence-electron chi connectivity index (χ3n) is 5.14. The van der Waals surface area contributed by atoms with Gasteiger partial charge in [0.15, 0.2) is 0 Å². The molecule has 1 aromatic rings. The number of carbonyl (C=O) groups is 3. The molecule has 0 bridgehead atoms. The van der Waals surface area contributed by atoms with E-state index in [0.29, 0.717) is 30.8 Å². The highest BCUT2D eigenvalue weighted by Gasteiger charge is 2.27. The van der Waals surface area contributed by atoms with Crippen molar-refractivity contribution in [2.75, 3.05) is 26.2 Å². The number of primary amides is 1. The maximum atomic E-state index is 12.7. The second kappa shape index (κ2) is 8.31. The third-order valence-corrected chi connectivity index (χ3v) is 5.14. The van der Waals surface area contributed by atoms with Gasteiger partial charge in [0.05, 0.1) is 6.04 Å². The standard InChI is InChI=1S/C19H26N4O3/c20-17(24)14-5-1-6-15(10-14)19(26)23-9-3-4-13(12-23)11-22-18(25)16-7-2-8-21-16/h1,5-6,10,13,16,21H,2-4,7-9,11-12H2,(H2,20,24)(H,22,25). The van der Waals surface area contributed by atoms with Crippen LogP contribution in [0.15, 0.2) is 24.3 Å². The maximum Gasteiger partial charge on any atom is 0.253 e. The molecule has 2 heterocycles. The van der Waals surface area contributed by atoms with Crippen LogP contribution in [0.2, 0.25) is 0 Å². The van der Waals surface area contributed by atoms with Crippen molar-refractivity contribution in [3.63, 3.8) is 0 Å². The number of hydrogen-bond acceptors (Lipinski definition) is 4. The average Bonchev–Trinajstić information content (AvgIpc) is 3.20. The quantitative estimate of drug-likeness (QED) is 0.713. The molecule has 0 spiro atoms. The summed E-state index contributed by atoms with van der Waals surface area (Å²) in [6.07, 6.45) is 3.82. The lowest BCUT2D eigenvalue weighted by molar-refractivity contribution is -0.123. The Morgan fingerprint density at radius 2 is 2.00 bits per heavy atom. The Hall–Kier alpha value is -2.41. The fourth-order valence-corrected chi connectivity index (χ4v) is 3.68. The molecule has 0 aliphatic carbocycles. The summed E-state index contributed by atoms with van der Waals surface area (Å²) in [7, 11) is 0. The summed E-state index contributed by atoms with van der Waals surface area (Å²) in [6.45, 7) is 2.78. The van der Waals surface area contributed by atoms with Crippen molar-refractivity contribution in [1.82, 2.24) is 15.5 Å². The number of likely N-dealkylation sites (tertiary alicyclic amines) is 1. The Balaban J connectivity index is 1.55. The zero-order valence-corrected chi connectivity index (χ0v) is 14.9. The Bertz CT molecular complexity index is 685. The molecule has 7 nitrogen and oxygen atoms in total. The number of nitrogens with two attached hydrogens (primary N) is 1. The van der Waals surface area contributed by atoms with Gasteiger partial charge in [-0.15, -0.1) is 0 Å². The van der Waals surface area contributed by atoms with Crippen molar-refractivity contribution in [2.24, 2.45) is 11.7 Å². The molecule has 1 aromatic carbocycles. The SMILES string of the molecule is NC(=O)c1cccc(C(=O)N2CCCC(CNC(=O)C3CCCN3)C2)c1. The highest BCUT2D eigenvalue weighted by Crippen LogP contribution is 2.19. The van der Waals surface area contributed by atoms with Crippen LogP contribution in [0.25, 0.3) is 0 Å².